The fraction of sp³-hybridized carbons (Fsp3) is 0.462. The summed E-state index contributed by atoms with van der Waals surface area (Å²) in [5.74, 6) is 0.0379. The van der Waals surface area contributed by atoms with E-state index in [1.165, 1.54) is 5.06 Å². The smallest absolute Gasteiger partial charge is 0.414 e. The molecular formula is C26H35N5O5. The average molecular weight is 498 g/mol. The number of nitrogens with one attached hydrogen (secondary N) is 2. The van der Waals surface area contributed by atoms with Crippen LogP contribution in [0.2, 0.25) is 0 Å². The van der Waals surface area contributed by atoms with Crippen molar-refractivity contribution < 1.29 is 23.9 Å². The first kappa shape index (κ1) is 26.9. The number of rotatable bonds is 9. The molecule has 194 valence electrons. The van der Waals surface area contributed by atoms with Gasteiger partial charge < -0.3 is 9.47 Å². The lowest BCUT2D eigenvalue weighted by Gasteiger charge is -2.38. The summed E-state index contributed by atoms with van der Waals surface area (Å²) in [6, 6.07) is 14.0. The maximum absolute atomic E-state index is 12.4. The van der Waals surface area contributed by atoms with Gasteiger partial charge in [0.2, 0.25) is 11.9 Å². The number of hydrogen-bond acceptors (Lipinski definition) is 8. The van der Waals surface area contributed by atoms with E-state index in [4.69, 9.17) is 14.3 Å². The quantitative estimate of drug-likeness (QED) is 0.467. The van der Waals surface area contributed by atoms with Gasteiger partial charge in [-0.1, -0.05) is 69.2 Å². The SMILES string of the molecule is CCCCOC(=O)NC1=NC(C)(C)N(OCc2cccc3ccccc23)C(NC(=O)OCCCC)=N1. The number of amides is 2. The standard InChI is InChI=1S/C26H35N5O5/c1-5-7-16-34-24(32)28-22-27-23(29-25(33)35-17-8-6-2)31(26(3,4)30-22)36-18-20-14-11-13-19-12-9-10-15-21(19)20/h9-15H,5-8,16-18H2,1-4H3,(H2,27,28,29,30,32,33). The molecule has 0 aromatic heterocycles. The number of benzene rings is 2. The minimum absolute atomic E-state index is 0.00429. The Morgan fingerprint density at radius 3 is 2.25 bits per heavy atom. The zero-order chi connectivity index (χ0) is 26.0. The Hall–Kier alpha value is -3.66. The van der Waals surface area contributed by atoms with Gasteiger partial charge in [-0.05, 0) is 43.0 Å². The summed E-state index contributed by atoms with van der Waals surface area (Å²) < 4.78 is 10.4. The topological polar surface area (TPSA) is 114 Å². The third-order valence-corrected chi connectivity index (χ3v) is 5.40. The van der Waals surface area contributed by atoms with Crippen LogP contribution in [0.4, 0.5) is 9.59 Å². The molecule has 0 fully saturated rings. The Morgan fingerprint density at radius 2 is 1.56 bits per heavy atom. The van der Waals surface area contributed by atoms with E-state index in [1.54, 1.807) is 13.8 Å². The highest BCUT2D eigenvalue weighted by molar-refractivity contribution is 6.05. The Balaban J connectivity index is 1.80. The minimum atomic E-state index is -1.02. The number of fused-ring (bicyclic) bond motifs is 1. The molecule has 2 aromatic carbocycles. The molecule has 0 atom stereocenters. The van der Waals surface area contributed by atoms with E-state index in [0.717, 1.165) is 42.0 Å². The van der Waals surface area contributed by atoms with Gasteiger partial charge in [0.25, 0.3) is 0 Å². The Labute approximate surface area is 211 Å². The van der Waals surface area contributed by atoms with Crippen LogP contribution in [0.3, 0.4) is 0 Å². The van der Waals surface area contributed by atoms with E-state index >= 15 is 0 Å². The van der Waals surface area contributed by atoms with Crippen molar-refractivity contribution in [2.24, 2.45) is 9.98 Å². The number of guanidine groups is 2. The van der Waals surface area contributed by atoms with Crippen molar-refractivity contribution in [3.63, 3.8) is 0 Å². The van der Waals surface area contributed by atoms with Crippen molar-refractivity contribution in [1.29, 1.82) is 0 Å². The molecule has 0 spiro atoms. The first-order valence-electron chi connectivity index (χ1n) is 12.3. The number of nitrogens with zero attached hydrogens (tertiary/aromatic N) is 3. The van der Waals surface area contributed by atoms with Gasteiger partial charge in [0, 0.05) is 0 Å². The maximum Gasteiger partial charge on any atom is 0.414 e. The van der Waals surface area contributed by atoms with Crippen molar-refractivity contribution in [3.8, 4) is 0 Å². The first-order chi connectivity index (χ1) is 17.3. The number of alkyl carbamates (subject to hydrolysis) is 2. The molecule has 1 heterocycles. The van der Waals surface area contributed by atoms with Gasteiger partial charge in [-0.15, -0.1) is 0 Å². The first-order valence-corrected chi connectivity index (χ1v) is 12.3. The van der Waals surface area contributed by atoms with Gasteiger partial charge >= 0.3 is 12.2 Å². The number of carbonyl (C=O) groups excluding carboxylic acids is 2. The number of hydroxylamine groups is 2. The van der Waals surface area contributed by atoms with Gasteiger partial charge in [-0.2, -0.15) is 10.1 Å². The monoisotopic (exact) mass is 497 g/mol. The van der Waals surface area contributed by atoms with Crippen LogP contribution in [-0.4, -0.2) is 48.0 Å². The number of aliphatic imine (C=N–C) groups is 2. The highest BCUT2D eigenvalue weighted by atomic mass is 16.7. The second kappa shape index (κ2) is 12.9. The van der Waals surface area contributed by atoms with Gasteiger partial charge in [0.1, 0.15) is 6.61 Å². The number of unbranched alkanes of at least 4 members (excludes halogenated alkanes) is 2. The predicted molar refractivity (Wildman–Crippen MR) is 138 cm³/mol. The molecule has 0 aliphatic carbocycles. The second-order valence-electron chi connectivity index (χ2n) is 8.80. The van der Waals surface area contributed by atoms with Crippen molar-refractivity contribution in [1.82, 2.24) is 15.7 Å². The summed E-state index contributed by atoms with van der Waals surface area (Å²) in [7, 11) is 0. The molecule has 0 radical (unpaired) electrons. The summed E-state index contributed by atoms with van der Waals surface area (Å²) >= 11 is 0. The van der Waals surface area contributed by atoms with Gasteiger partial charge in [-0.25, -0.2) is 14.6 Å². The maximum atomic E-state index is 12.4. The van der Waals surface area contributed by atoms with E-state index in [2.05, 4.69) is 20.6 Å². The highest BCUT2D eigenvalue weighted by Gasteiger charge is 2.37. The van der Waals surface area contributed by atoms with Crippen LogP contribution >= 0.6 is 0 Å². The Bertz CT molecular complexity index is 1110. The van der Waals surface area contributed by atoms with Gasteiger partial charge in [0.15, 0.2) is 5.66 Å². The number of ether oxygens (including phenoxy) is 2. The Kier molecular flexibility index (Phi) is 9.63. The fourth-order valence-electron chi connectivity index (χ4n) is 3.51. The van der Waals surface area contributed by atoms with E-state index in [-0.39, 0.29) is 31.7 Å². The van der Waals surface area contributed by atoms with Gasteiger partial charge in [-0.3, -0.25) is 15.5 Å². The van der Waals surface area contributed by atoms with Crippen molar-refractivity contribution in [2.45, 2.75) is 65.6 Å². The lowest BCUT2D eigenvalue weighted by atomic mass is 10.1. The summed E-state index contributed by atoms with van der Waals surface area (Å²) in [5.41, 5.74) is -0.0640. The molecule has 0 unspecified atom stereocenters. The van der Waals surface area contributed by atoms with Crippen molar-refractivity contribution in [2.75, 3.05) is 13.2 Å². The molecule has 2 amide bonds. The number of hydrogen-bond donors (Lipinski definition) is 2. The zero-order valence-corrected chi connectivity index (χ0v) is 21.4. The van der Waals surface area contributed by atoms with E-state index in [9.17, 15) is 9.59 Å². The molecule has 3 rings (SSSR count). The van der Waals surface area contributed by atoms with Crippen LogP contribution < -0.4 is 10.6 Å². The summed E-state index contributed by atoms with van der Waals surface area (Å²) in [5, 5.41) is 8.72. The normalized spacial score (nSPS) is 14.6. The lowest BCUT2D eigenvalue weighted by molar-refractivity contribution is -0.167. The Morgan fingerprint density at radius 1 is 0.917 bits per heavy atom. The van der Waals surface area contributed by atoms with E-state index < -0.39 is 17.8 Å². The minimum Gasteiger partial charge on any atom is -0.449 e. The van der Waals surface area contributed by atoms with Crippen LogP contribution in [0, 0.1) is 0 Å². The molecule has 0 saturated heterocycles. The van der Waals surface area contributed by atoms with Crippen LogP contribution in [0.15, 0.2) is 52.4 Å². The molecule has 0 bridgehead atoms. The highest BCUT2D eigenvalue weighted by Crippen LogP contribution is 2.24. The zero-order valence-electron chi connectivity index (χ0n) is 21.4. The fourth-order valence-corrected chi connectivity index (χ4v) is 3.51. The predicted octanol–water partition coefficient (Wildman–Crippen LogP) is 5.09. The van der Waals surface area contributed by atoms with Crippen molar-refractivity contribution >= 4 is 34.9 Å². The summed E-state index contributed by atoms with van der Waals surface area (Å²) in [4.78, 5) is 39.6. The summed E-state index contributed by atoms with van der Waals surface area (Å²) in [6.45, 7) is 8.33. The molecule has 10 heteroatoms. The van der Waals surface area contributed by atoms with Crippen LogP contribution in [0.25, 0.3) is 10.8 Å². The number of carbonyl (C=O) groups is 2. The molecule has 2 aromatic rings. The van der Waals surface area contributed by atoms with E-state index in [0.29, 0.717) is 0 Å². The third kappa shape index (κ3) is 7.42. The molecule has 2 N–H and O–H groups in total. The lowest BCUT2D eigenvalue weighted by Crippen LogP contribution is -2.57. The van der Waals surface area contributed by atoms with Crippen LogP contribution in [0.5, 0.6) is 0 Å². The van der Waals surface area contributed by atoms with Crippen molar-refractivity contribution in [3.05, 3.63) is 48.0 Å². The van der Waals surface area contributed by atoms with E-state index in [1.807, 2.05) is 56.3 Å². The molecule has 36 heavy (non-hydrogen) atoms. The molecule has 1 aliphatic heterocycles. The third-order valence-electron chi connectivity index (χ3n) is 5.40. The molecule has 1 aliphatic rings. The molecular weight excluding hydrogens is 462 g/mol. The van der Waals surface area contributed by atoms with Crippen LogP contribution in [-0.2, 0) is 20.9 Å². The average Bonchev–Trinajstić information content (AvgIpc) is 2.83. The second-order valence-corrected chi connectivity index (χ2v) is 8.80. The molecule has 10 nitrogen and oxygen atoms in total. The van der Waals surface area contributed by atoms with Crippen LogP contribution in [0.1, 0.15) is 58.9 Å². The largest absolute Gasteiger partial charge is 0.449 e. The summed E-state index contributed by atoms with van der Waals surface area (Å²) in [6.07, 6.45) is 1.94. The molecule has 0 saturated carbocycles. The van der Waals surface area contributed by atoms with Gasteiger partial charge in [0.05, 0.1) is 13.2 Å².